The van der Waals surface area contributed by atoms with Crippen LogP contribution >= 0.6 is 34.2 Å². The fourth-order valence-electron chi connectivity index (χ4n) is 2.78. The Morgan fingerprint density at radius 3 is 2.64 bits per heavy atom. The molecule has 0 atom stereocenters. The molecule has 4 amide bonds. The van der Waals surface area contributed by atoms with Crippen molar-refractivity contribution in [1.82, 2.24) is 5.32 Å². The first-order valence-corrected chi connectivity index (χ1v) is 9.87. The van der Waals surface area contributed by atoms with Crippen molar-refractivity contribution in [3.05, 3.63) is 61.7 Å². The van der Waals surface area contributed by atoms with Crippen molar-refractivity contribution in [2.24, 2.45) is 0 Å². The second kappa shape index (κ2) is 8.32. The van der Waals surface area contributed by atoms with Crippen LogP contribution in [0.4, 0.5) is 10.5 Å². The summed E-state index contributed by atoms with van der Waals surface area (Å²) in [5.74, 6) is -0.831. The number of ether oxygens (including phenoxy) is 1. The fourth-order valence-corrected chi connectivity index (χ4v) is 3.62. The van der Waals surface area contributed by atoms with Crippen molar-refractivity contribution in [3.8, 4) is 5.75 Å². The van der Waals surface area contributed by atoms with E-state index in [0.717, 1.165) is 8.47 Å². The van der Waals surface area contributed by atoms with Crippen LogP contribution in [0.5, 0.6) is 5.75 Å². The van der Waals surface area contributed by atoms with Crippen molar-refractivity contribution in [2.45, 2.75) is 13.8 Å². The minimum Gasteiger partial charge on any atom is -0.494 e. The van der Waals surface area contributed by atoms with Gasteiger partial charge in [-0.15, -0.1) is 0 Å². The number of nitrogens with zero attached hydrogens (tertiary/aromatic N) is 1. The van der Waals surface area contributed by atoms with Crippen molar-refractivity contribution >= 4 is 63.8 Å². The van der Waals surface area contributed by atoms with E-state index in [1.165, 1.54) is 12.1 Å². The zero-order chi connectivity index (χ0) is 20.4. The molecule has 3 rings (SSSR count). The van der Waals surface area contributed by atoms with Gasteiger partial charge in [-0.1, -0.05) is 17.7 Å². The number of imide groups is 2. The summed E-state index contributed by atoms with van der Waals surface area (Å²) in [5, 5.41) is 2.59. The Morgan fingerprint density at radius 1 is 1.18 bits per heavy atom. The van der Waals surface area contributed by atoms with Gasteiger partial charge >= 0.3 is 6.03 Å². The van der Waals surface area contributed by atoms with E-state index in [1.54, 1.807) is 25.1 Å². The molecule has 1 saturated heterocycles. The number of aryl methyl sites for hydroxylation is 1. The molecule has 0 bridgehead atoms. The van der Waals surface area contributed by atoms with E-state index in [-0.39, 0.29) is 5.57 Å². The minimum atomic E-state index is -0.810. The highest BCUT2D eigenvalue weighted by Crippen LogP contribution is 2.28. The molecule has 0 saturated carbocycles. The fraction of sp³-hybridized carbons (Fsp3) is 0.150. The molecule has 1 N–H and O–H groups in total. The smallest absolute Gasteiger partial charge is 0.335 e. The molecule has 8 heteroatoms. The topological polar surface area (TPSA) is 75.7 Å². The zero-order valence-electron chi connectivity index (χ0n) is 15.1. The molecule has 1 aliphatic rings. The van der Waals surface area contributed by atoms with E-state index in [9.17, 15) is 14.4 Å². The Morgan fingerprint density at radius 2 is 1.93 bits per heavy atom. The Kier molecular flexibility index (Phi) is 6.04. The van der Waals surface area contributed by atoms with Crippen LogP contribution in [0.15, 0.2) is 42.0 Å². The maximum atomic E-state index is 13.0. The number of carbonyl (C=O) groups is 3. The quantitative estimate of drug-likeness (QED) is 0.378. The first-order valence-electron chi connectivity index (χ1n) is 8.41. The van der Waals surface area contributed by atoms with E-state index in [4.69, 9.17) is 16.3 Å². The third-order valence-electron chi connectivity index (χ3n) is 4.03. The first kappa shape index (κ1) is 20.3. The van der Waals surface area contributed by atoms with Crippen LogP contribution in [0, 0.1) is 10.5 Å². The van der Waals surface area contributed by atoms with E-state index in [2.05, 4.69) is 27.9 Å². The van der Waals surface area contributed by atoms with Crippen LogP contribution in [-0.2, 0) is 9.59 Å². The predicted octanol–water partition coefficient (Wildman–Crippen LogP) is 4.32. The number of barbiturate groups is 1. The molecule has 1 fully saturated rings. The van der Waals surface area contributed by atoms with Gasteiger partial charge in [0.2, 0.25) is 0 Å². The third-order valence-corrected chi connectivity index (χ3v) is 4.89. The molecular formula is C20H16ClIN2O4. The number of carbonyl (C=O) groups excluding carboxylic acids is 3. The Hall–Kier alpha value is -2.39. The molecule has 2 aromatic rings. The highest BCUT2D eigenvalue weighted by molar-refractivity contribution is 14.1. The number of hydrogen-bond acceptors (Lipinski definition) is 4. The van der Waals surface area contributed by atoms with Crippen molar-refractivity contribution in [2.75, 3.05) is 11.5 Å². The maximum Gasteiger partial charge on any atom is 0.335 e. The standard InChI is InChI=1S/C20H16ClIN2O4/c1-3-28-15-7-12(6-14(22)10-15)8-16-18(25)23-20(27)24(19(16)26)17-9-13(21)5-4-11(17)2/h4-10H,3H2,1-2H3,(H,23,25,27)/b16-8+. The van der Waals surface area contributed by atoms with Crippen molar-refractivity contribution in [1.29, 1.82) is 0 Å². The summed E-state index contributed by atoms with van der Waals surface area (Å²) < 4.78 is 6.39. The van der Waals surface area contributed by atoms with Crippen molar-refractivity contribution in [3.63, 3.8) is 0 Å². The summed E-state index contributed by atoms with van der Waals surface area (Å²) in [7, 11) is 0. The molecule has 0 radical (unpaired) electrons. The van der Waals surface area contributed by atoms with Gasteiger partial charge in [-0.25, -0.2) is 9.69 Å². The number of amides is 4. The lowest BCUT2D eigenvalue weighted by atomic mass is 10.1. The van der Waals surface area contributed by atoms with Crippen LogP contribution in [-0.4, -0.2) is 24.5 Å². The van der Waals surface area contributed by atoms with Gasteiger partial charge < -0.3 is 4.74 Å². The molecule has 144 valence electrons. The lowest BCUT2D eigenvalue weighted by Crippen LogP contribution is -2.54. The van der Waals surface area contributed by atoms with Gasteiger partial charge in [0.25, 0.3) is 11.8 Å². The molecule has 0 aliphatic carbocycles. The van der Waals surface area contributed by atoms with Crippen LogP contribution in [0.3, 0.4) is 0 Å². The van der Waals surface area contributed by atoms with Gasteiger partial charge in [0.05, 0.1) is 12.3 Å². The first-order chi connectivity index (χ1) is 13.3. The van der Waals surface area contributed by atoms with Gasteiger partial charge in [0.1, 0.15) is 11.3 Å². The third kappa shape index (κ3) is 4.20. The van der Waals surface area contributed by atoms with Gasteiger partial charge in [-0.05, 0) is 84.0 Å². The van der Waals surface area contributed by atoms with Crippen LogP contribution in [0.1, 0.15) is 18.1 Å². The number of halogens is 2. The second-order valence-corrected chi connectivity index (χ2v) is 7.72. The minimum absolute atomic E-state index is 0.150. The Labute approximate surface area is 180 Å². The number of rotatable bonds is 4. The molecule has 0 aromatic heterocycles. The number of urea groups is 1. The predicted molar refractivity (Wildman–Crippen MR) is 116 cm³/mol. The zero-order valence-corrected chi connectivity index (χ0v) is 18.0. The Balaban J connectivity index is 2.05. The number of hydrogen-bond donors (Lipinski definition) is 1. The Bertz CT molecular complexity index is 1020. The van der Waals surface area contributed by atoms with E-state index < -0.39 is 17.8 Å². The highest BCUT2D eigenvalue weighted by Gasteiger charge is 2.37. The van der Waals surface area contributed by atoms with Gasteiger partial charge in [-0.2, -0.15) is 0 Å². The molecule has 1 aliphatic heterocycles. The average molecular weight is 511 g/mol. The molecule has 6 nitrogen and oxygen atoms in total. The van der Waals surface area contributed by atoms with Crippen LogP contribution in [0.25, 0.3) is 6.08 Å². The summed E-state index contributed by atoms with van der Waals surface area (Å²) >= 11 is 8.15. The largest absolute Gasteiger partial charge is 0.494 e. The van der Waals surface area contributed by atoms with E-state index in [1.807, 2.05) is 19.1 Å². The number of benzene rings is 2. The lowest BCUT2D eigenvalue weighted by molar-refractivity contribution is -0.122. The summed E-state index contributed by atoms with van der Waals surface area (Å²) in [6, 6.07) is 9.45. The molecule has 0 unspecified atom stereocenters. The summed E-state index contributed by atoms with van der Waals surface area (Å²) in [5.41, 5.74) is 1.47. The molecule has 0 spiro atoms. The van der Waals surface area contributed by atoms with Gasteiger partial charge in [-0.3, -0.25) is 14.9 Å². The molecular weight excluding hydrogens is 495 g/mol. The number of nitrogens with one attached hydrogen (secondary N) is 1. The summed E-state index contributed by atoms with van der Waals surface area (Å²) in [4.78, 5) is 38.6. The SMILES string of the molecule is CCOc1cc(I)cc(/C=C2\C(=O)NC(=O)N(c3cc(Cl)ccc3C)C2=O)c1. The van der Waals surface area contributed by atoms with Crippen molar-refractivity contribution < 1.29 is 19.1 Å². The monoisotopic (exact) mass is 510 g/mol. The van der Waals surface area contributed by atoms with Crippen LogP contribution < -0.4 is 15.0 Å². The molecule has 1 heterocycles. The van der Waals surface area contributed by atoms with Gasteiger partial charge in [0.15, 0.2) is 0 Å². The van der Waals surface area contributed by atoms with Crippen LogP contribution in [0.2, 0.25) is 5.02 Å². The van der Waals surface area contributed by atoms with Gasteiger partial charge in [0, 0.05) is 8.59 Å². The highest BCUT2D eigenvalue weighted by atomic mass is 127. The lowest BCUT2D eigenvalue weighted by Gasteiger charge is -2.27. The molecule has 2 aromatic carbocycles. The molecule has 28 heavy (non-hydrogen) atoms. The maximum absolute atomic E-state index is 13.0. The summed E-state index contributed by atoms with van der Waals surface area (Å²) in [6.45, 7) is 4.11. The van der Waals surface area contributed by atoms with E-state index >= 15 is 0 Å². The number of anilines is 1. The van der Waals surface area contributed by atoms with E-state index in [0.29, 0.717) is 34.2 Å². The average Bonchev–Trinajstić information content (AvgIpc) is 2.61. The second-order valence-electron chi connectivity index (χ2n) is 6.04. The normalized spacial score (nSPS) is 15.8. The summed E-state index contributed by atoms with van der Waals surface area (Å²) in [6.07, 6.45) is 1.45.